The lowest BCUT2D eigenvalue weighted by Gasteiger charge is -2.22. The SMILES string of the molecule is O=c1c2ccc3c4ccc5c6ccc7c8c(ccc(c9ccc(c%10ccc(c2c3%10)c2nc3cccc%10cc%11ccccc%11c(c%103)n12)c4c95)c68)c(=O)n1c7nc2cccc3cc4ccccc4c1c32. The van der Waals surface area contributed by atoms with Crippen molar-refractivity contribution in [1.29, 1.82) is 0 Å². The van der Waals surface area contributed by atoms with Crippen LogP contribution in [0.3, 0.4) is 0 Å². The maximum absolute atomic E-state index is 15.2. The van der Waals surface area contributed by atoms with Crippen LogP contribution < -0.4 is 11.1 Å². The highest BCUT2D eigenvalue weighted by Crippen LogP contribution is 2.50. The van der Waals surface area contributed by atoms with Crippen molar-refractivity contribution in [2.75, 3.05) is 0 Å². The molecular weight excluding hydrogens is 833 g/mol. The van der Waals surface area contributed by atoms with E-state index in [1.165, 1.54) is 10.8 Å². The number of rotatable bonds is 0. The molecule has 14 aromatic carbocycles. The van der Waals surface area contributed by atoms with E-state index in [9.17, 15) is 0 Å². The van der Waals surface area contributed by atoms with Crippen LogP contribution in [0.5, 0.6) is 0 Å². The topological polar surface area (TPSA) is 68.7 Å². The quantitative estimate of drug-likeness (QED) is 0.112. The van der Waals surface area contributed by atoms with Crippen molar-refractivity contribution in [3.63, 3.8) is 0 Å². The van der Waals surface area contributed by atoms with Gasteiger partial charge in [0.25, 0.3) is 11.1 Å². The predicted molar refractivity (Wildman–Crippen MR) is 284 cm³/mol. The van der Waals surface area contributed by atoms with Gasteiger partial charge in [0.2, 0.25) is 0 Å². The smallest absolute Gasteiger partial charge is 0.264 e. The van der Waals surface area contributed by atoms with Crippen LogP contribution in [-0.2, 0) is 0 Å². The first kappa shape index (κ1) is 34.1. The number of pyridine rings is 2. The van der Waals surface area contributed by atoms with Crippen molar-refractivity contribution < 1.29 is 0 Å². The number of hydrogen-bond donors (Lipinski definition) is 0. The van der Waals surface area contributed by atoms with E-state index in [4.69, 9.17) is 9.97 Å². The van der Waals surface area contributed by atoms with Gasteiger partial charge in [-0.25, -0.2) is 9.97 Å². The second kappa shape index (κ2) is 11.2. The van der Waals surface area contributed by atoms with Gasteiger partial charge in [-0.1, -0.05) is 121 Å². The maximum atomic E-state index is 15.2. The van der Waals surface area contributed by atoms with Crippen molar-refractivity contribution in [3.05, 3.63) is 191 Å². The summed E-state index contributed by atoms with van der Waals surface area (Å²) >= 11 is 0. The Morgan fingerprint density at radius 1 is 0.265 bits per heavy atom. The van der Waals surface area contributed by atoms with Gasteiger partial charge < -0.3 is 0 Å². The van der Waals surface area contributed by atoms with Gasteiger partial charge in [0.1, 0.15) is 11.3 Å². The summed E-state index contributed by atoms with van der Waals surface area (Å²) in [6.45, 7) is 0. The average Bonchev–Trinajstić information content (AvgIpc) is 3.38. The standard InChI is InChI=1S/C62H28N4O2/c67-61-45-25-21-41-37-17-16-36-40-20-24-44-56-46(62(68)66-58-34-12-4-2-8-30(34)28-32-10-6-14-48(50(32)58)64-60(44)66)26-22-42(54(40)56)38-18-15-35(51(37)52(36)38)39-19-23-43(55(45)53(39)41)59-63-47-13-5-9-31-27-29-7-1-3-11-33(29)57(49(31)47)65(59)61/h1-28H. The monoisotopic (exact) mass is 860 g/mol. The van der Waals surface area contributed by atoms with Gasteiger partial charge >= 0.3 is 0 Å². The third-order valence-electron chi connectivity index (χ3n) is 16.0. The van der Waals surface area contributed by atoms with Crippen LogP contribution >= 0.6 is 0 Å². The van der Waals surface area contributed by atoms with Crippen molar-refractivity contribution in [2.24, 2.45) is 0 Å². The minimum atomic E-state index is -0.0600. The Morgan fingerprint density at radius 3 is 0.956 bits per heavy atom. The lowest BCUT2D eigenvalue weighted by atomic mass is 9.82. The number of nitrogens with zero attached hydrogens (tertiary/aromatic N) is 4. The van der Waals surface area contributed by atoms with Crippen LogP contribution in [0.1, 0.15) is 0 Å². The molecule has 0 radical (unpaired) electrons. The first-order chi connectivity index (χ1) is 33.6. The van der Waals surface area contributed by atoms with E-state index >= 15 is 9.59 Å². The zero-order valence-electron chi connectivity index (χ0n) is 35.8. The van der Waals surface area contributed by atoms with E-state index in [2.05, 4.69) is 146 Å². The number of hydrogen-bond acceptors (Lipinski definition) is 4. The van der Waals surface area contributed by atoms with Gasteiger partial charge in [0.05, 0.1) is 22.1 Å². The lowest BCUT2D eigenvalue weighted by Crippen LogP contribution is -2.17. The number of fused-ring (bicyclic) bond motifs is 14. The Bertz CT molecular complexity index is 5140. The van der Waals surface area contributed by atoms with Gasteiger partial charge in [-0.05, 0) is 135 Å². The molecule has 4 heterocycles. The molecule has 0 fully saturated rings. The second-order valence-corrected chi connectivity index (χ2v) is 19.0. The van der Waals surface area contributed by atoms with Crippen LogP contribution in [0.2, 0.25) is 0 Å². The molecule has 6 heteroatoms. The third-order valence-corrected chi connectivity index (χ3v) is 16.0. The molecule has 18 aromatic rings. The first-order valence-electron chi connectivity index (χ1n) is 23.2. The molecule has 6 nitrogen and oxygen atoms in total. The number of aromatic nitrogens is 4. The molecule has 0 N–H and O–H groups in total. The lowest BCUT2D eigenvalue weighted by molar-refractivity contribution is 1.15. The molecule has 0 aliphatic carbocycles. The van der Waals surface area contributed by atoms with E-state index in [-0.39, 0.29) is 11.1 Å². The maximum Gasteiger partial charge on any atom is 0.264 e. The zero-order valence-corrected chi connectivity index (χ0v) is 35.8. The molecule has 0 saturated heterocycles. The van der Waals surface area contributed by atoms with Gasteiger partial charge in [-0.15, -0.1) is 0 Å². The Balaban J connectivity index is 0.973. The van der Waals surface area contributed by atoms with E-state index in [1.54, 1.807) is 0 Å². The van der Waals surface area contributed by atoms with Crippen LogP contribution in [0.4, 0.5) is 0 Å². The molecule has 0 unspecified atom stereocenters. The molecule has 0 aliphatic heterocycles. The van der Waals surface area contributed by atoms with E-state index < -0.39 is 0 Å². The van der Waals surface area contributed by atoms with E-state index in [0.717, 1.165) is 141 Å². The highest BCUT2D eigenvalue weighted by molar-refractivity contribution is 6.45. The molecule has 308 valence electrons. The largest absolute Gasteiger partial charge is 0.268 e. The number of benzene rings is 14. The summed E-state index contributed by atoms with van der Waals surface area (Å²) < 4.78 is 3.75. The molecule has 0 bridgehead atoms. The Morgan fingerprint density at radius 2 is 0.574 bits per heavy atom. The van der Waals surface area contributed by atoms with Gasteiger partial charge in [0.15, 0.2) is 0 Å². The van der Waals surface area contributed by atoms with Gasteiger partial charge in [-0.3, -0.25) is 18.4 Å². The molecule has 0 amide bonds. The molecule has 4 aromatic heterocycles. The van der Waals surface area contributed by atoms with Crippen LogP contribution in [0.15, 0.2) is 179 Å². The van der Waals surface area contributed by atoms with Crippen LogP contribution in [0.25, 0.3) is 173 Å². The Hall–Kier alpha value is -9.26. The highest BCUT2D eigenvalue weighted by atomic mass is 16.1. The minimum Gasteiger partial charge on any atom is -0.268 e. The summed E-state index contributed by atoms with van der Waals surface area (Å²) in [7, 11) is 0. The average molecular weight is 861 g/mol. The fourth-order valence-electron chi connectivity index (χ4n) is 13.4. The van der Waals surface area contributed by atoms with Gasteiger partial charge in [0, 0.05) is 53.9 Å². The summed E-state index contributed by atoms with van der Waals surface area (Å²) in [5, 5.41) is 27.2. The van der Waals surface area contributed by atoms with Crippen LogP contribution in [0, 0.1) is 0 Å². The Labute approximate surface area is 381 Å². The highest BCUT2D eigenvalue weighted by Gasteiger charge is 2.26. The summed E-state index contributed by atoms with van der Waals surface area (Å²) in [5.41, 5.74) is 4.78. The normalized spacial score (nSPS) is 13.1. The summed E-state index contributed by atoms with van der Waals surface area (Å²) in [4.78, 5) is 41.0. The molecule has 0 saturated carbocycles. The first-order valence-corrected chi connectivity index (χ1v) is 23.2. The van der Waals surface area contributed by atoms with Crippen LogP contribution in [-0.4, -0.2) is 18.8 Å². The molecule has 0 aliphatic rings. The second-order valence-electron chi connectivity index (χ2n) is 19.0. The van der Waals surface area contributed by atoms with Crippen molar-refractivity contribution in [1.82, 2.24) is 18.8 Å². The summed E-state index contributed by atoms with van der Waals surface area (Å²) in [5.74, 6) is 0. The van der Waals surface area contributed by atoms with Gasteiger partial charge in [-0.2, -0.15) is 0 Å². The fourth-order valence-corrected chi connectivity index (χ4v) is 13.4. The van der Waals surface area contributed by atoms with E-state index in [0.29, 0.717) is 22.1 Å². The third kappa shape index (κ3) is 3.68. The zero-order chi connectivity index (χ0) is 44.0. The fraction of sp³-hybridized carbons (Fsp3) is 0. The predicted octanol–water partition coefficient (Wildman–Crippen LogP) is 14.8. The molecule has 0 spiro atoms. The molecular formula is C62H28N4O2. The van der Waals surface area contributed by atoms with Crippen molar-refractivity contribution in [2.45, 2.75) is 0 Å². The summed E-state index contributed by atoms with van der Waals surface area (Å²) in [6.07, 6.45) is 0. The molecule has 68 heavy (non-hydrogen) atoms. The minimum absolute atomic E-state index is 0.0600. The van der Waals surface area contributed by atoms with Crippen molar-refractivity contribution >= 4 is 173 Å². The molecule has 18 rings (SSSR count). The Kier molecular flexibility index (Phi) is 5.63. The summed E-state index contributed by atoms with van der Waals surface area (Å²) in [6, 6.07) is 60.0. The van der Waals surface area contributed by atoms with Crippen molar-refractivity contribution in [3.8, 4) is 0 Å². The van der Waals surface area contributed by atoms with E-state index in [1.807, 2.05) is 33.1 Å². The molecule has 0 atom stereocenters.